The summed E-state index contributed by atoms with van der Waals surface area (Å²) >= 11 is 6.07. The fourth-order valence-corrected chi connectivity index (χ4v) is 3.72. The van der Waals surface area contributed by atoms with Crippen LogP contribution in [-0.2, 0) is 11.2 Å². The molecule has 0 bridgehead atoms. The van der Waals surface area contributed by atoms with Crippen LogP contribution in [0.15, 0.2) is 60.9 Å². The van der Waals surface area contributed by atoms with E-state index in [1.165, 1.54) is 0 Å². The van der Waals surface area contributed by atoms with Gasteiger partial charge < -0.3 is 15.0 Å². The number of aromatic nitrogens is 2. The van der Waals surface area contributed by atoms with E-state index in [0.717, 1.165) is 28.3 Å². The van der Waals surface area contributed by atoms with Crippen molar-refractivity contribution < 1.29 is 9.53 Å². The fraction of sp³-hybridized carbons (Fsp3) is 0.261. The van der Waals surface area contributed by atoms with Gasteiger partial charge in [0.05, 0.1) is 18.8 Å². The summed E-state index contributed by atoms with van der Waals surface area (Å²) in [4.78, 5) is 23.5. The van der Waals surface area contributed by atoms with Gasteiger partial charge in [0.2, 0.25) is 0 Å². The molecule has 0 saturated carbocycles. The first-order valence-electron chi connectivity index (χ1n) is 9.86. The summed E-state index contributed by atoms with van der Waals surface area (Å²) in [7, 11) is 1.78. The van der Waals surface area contributed by atoms with Crippen molar-refractivity contribution in [3.63, 3.8) is 0 Å². The molecule has 30 heavy (non-hydrogen) atoms. The standard InChI is InChI=1S/C23H23ClN4O2/c1-25-22-13-18(7-8-26-22)23(29)28-9-10-30-21(15-28)20-6-5-17(14-27-20)11-16-3-2-4-19(24)12-16/h2-8,12-14,21H,9-11,15H2,1H3,(H,25,26)/t21-/m0/s1. The summed E-state index contributed by atoms with van der Waals surface area (Å²) in [5.41, 5.74) is 3.68. The molecule has 0 unspecified atom stereocenters. The largest absolute Gasteiger partial charge is 0.373 e. The number of halogens is 1. The Morgan fingerprint density at radius 2 is 2.10 bits per heavy atom. The van der Waals surface area contributed by atoms with Gasteiger partial charge in [-0.25, -0.2) is 4.98 Å². The molecule has 7 heteroatoms. The van der Waals surface area contributed by atoms with E-state index in [-0.39, 0.29) is 12.0 Å². The average Bonchev–Trinajstić information content (AvgIpc) is 2.79. The molecule has 1 amide bonds. The van der Waals surface area contributed by atoms with Crippen LogP contribution >= 0.6 is 11.6 Å². The van der Waals surface area contributed by atoms with Crippen molar-refractivity contribution in [1.82, 2.24) is 14.9 Å². The number of anilines is 1. The van der Waals surface area contributed by atoms with Gasteiger partial charge in [-0.3, -0.25) is 9.78 Å². The maximum atomic E-state index is 12.9. The highest BCUT2D eigenvalue weighted by Crippen LogP contribution is 2.23. The Labute approximate surface area is 180 Å². The molecule has 1 aliphatic heterocycles. The van der Waals surface area contributed by atoms with Gasteiger partial charge in [0.1, 0.15) is 11.9 Å². The van der Waals surface area contributed by atoms with E-state index in [1.54, 1.807) is 25.4 Å². The Morgan fingerprint density at radius 1 is 1.20 bits per heavy atom. The molecule has 4 rings (SSSR count). The predicted molar refractivity (Wildman–Crippen MR) is 117 cm³/mol. The maximum absolute atomic E-state index is 12.9. The van der Waals surface area contributed by atoms with Crippen LogP contribution in [0.25, 0.3) is 0 Å². The highest BCUT2D eigenvalue weighted by atomic mass is 35.5. The number of rotatable bonds is 5. The zero-order valence-electron chi connectivity index (χ0n) is 16.7. The molecule has 0 aliphatic carbocycles. The molecule has 3 aromatic rings. The number of nitrogens with zero attached hydrogens (tertiary/aromatic N) is 3. The van der Waals surface area contributed by atoms with Crippen molar-refractivity contribution in [2.75, 3.05) is 32.1 Å². The minimum atomic E-state index is -0.242. The Balaban J connectivity index is 1.43. The molecule has 154 valence electrons. The summed E-state index contributed by atoms with van der Waals surface area (Å²) in [5.74, 6) is 0.641. The number of carbonyl (C=O) groups is 1. The van der Waals surface area contributed by atoms with Crippen molar-refractivity contribution in [2.24, 2.45) is 0 Å². The number of benzene rings is 1. The lowest BCUT2D eigenvalue weighted by molar-refractivity contribution is -0.0247. The Kier molecular flexibility index (Phi) is 6.26. The van der Waals surface area contributed by atoms with Crippen LogP contribution in [0, 0.1) is 0 Å². The molecular formula is C23H23ClN4O2. The van der Waals surface area contributed by atoms with Crippen molar-refractivity contribution in [2.45, 2.75) is 12.5 Å². The van der Waals surface area contributed by atoms with Gasteiger partial charge in [0, 0.05) is 36.6 Å². The van der Waals surface area contributed by atoms with E-state index >= 15 is 0 Å². The number of ether oxygens (including phenoxy) is 1. The van der Waals surface area contributed by atoms with Crippen LogP contribution < -0.4 is 5.32 Å². The van der Waals surface area contributed by atoms with Gasteiger partial charge in [0.25, 0.3) is 5.91 Å². The molecule has 0 radical (unpaired) electrons. The van der Waals surface area contributed by atoms with Crippen LogP contribution in [0.4, 0.5) is 5.82 Å². The van der Waals surface area contributed by atoms with E-state index in [2.05, 4.69) is 21.4 Å². The first-order chi connectivity index (χ1) is 14.6. The fourth-order valence-electron chi connectivity index (χ4n) is 3.51. The Bertz CT molecular complexity index is 1030. The summed E-state index contributed by atoms with van der Waals surface area (Å²) in [6, 6.07) is 15.3. The predicted octanol–water partition coefficient (Wildman–Crippen LogP) is 3.98. The summed E-state index contributed by atoms with van der Waals surface area (Å²) in [6.07, 6.45) is 4.02. The second kappa shape index (κ2) is 9.24. The zero-order chi connectivity index (χ0) is 20.9. The van der Waals surface area contributed by atoms with Gasteiger partial charge >= 0.3 is 0 Å². The first kappa shape index (κ1) is 20.3. The molecule has 3 heterocycles. The third-order valence-electron chi connectivity index (χ3n) is 5.09. The summed E-state index contributed by atoms with van der Waals surface area (Å²) in [6.45, 7) is 1.50. The van der Waals surface area contributed by atoms with Crippen LogP contribution in [0.2, 0.25) is 5.02 Å². The Hall–Kier alpha value is -2.96. The minimum Gasteiger partial charge on any atom is -0.373 e. The van der Waals surface area contributed by atoms with Gasteiger partial charge in [-0.05, 0) is 47.9 Å². The van der Waals surface area contributed by atoms with Crippen molar-refractivity contribution >= 4 is 23.3 Å². The monoisotopic (exact) mass is 422 g/mol. The second-order valence-electron chi connectivity index (χ2n) is 7.19. The zero-order valence-corrected chi connectivity index (χ0v) is 17.5. The number of hydrogen-bond donors (Lipinski definition) is 1. The van der Waals surface area contributed by atoms with E-state index < -0.39 is 0 Å². The third kappa shape index (κ3) is 4.78. The molecule has 0 spiro atoms. The van der Waals surface area contributed by atoms with Gasteiger partial charge in [0.15, 0.2) is 0 Å². The van der Waals surface area contributed by atoms with Crippen molar-refractivity contribution in [3.8, 4) is 0 Å². The topological polar surface area (TPSA) is 67.4 Å². The third-order valence-corrected chi connectivity index (χ3v) is 5.33. The smallest absolute Gasteiger partial charge is 0.254 e. The molecule has 6 nitrogen and oxygen atoms in total. The highest BCUT2D eigenvalue weighted by Gasteiger charge is 2.27. The average molecular weight is 423 g/mol. The van der Waals surface area contributed by atoms with Crippen LogP contribution in [0.5, 0.6) is 0 Å². The quantitative estimate of drug-likeness (QED) is 0.673. The van der Waals surface area contributed by atoms with Crippen LogP contribution in [0.1, 0.15) is 33.3 Å². The van der Waals surface area contributed by atoms with Crippen molar-refractivity contribution in [1.29, 1.82) is 0 Å². The number of carbonyl (C=O) groups excluding carboxylic acids is 1. The maximum Gasteiger partial charge on any atom is 0.254 e. The minimum absolute atomic E-state index is 0.0280. The lowest BCUT2D eigenvalue weighted by Crippen LogP contribution is -2.42. The molecule has 1 aromatic carbocycles. The van der Waals surface area contributed by atoms with Crippen LogP contribution in [-0.4, -0.2) is 47.5 Å². The SMILES string of the molecule is CNc1cc(C(=O)N2CCO[C@H](c3ccc(Cc4cccc(Cl)c4)cn3)C2)ccn1. The molecule has 1 fully saturated rings. The molecule has 1 N–H and O–H groups in total. The Morgan fingerprint density at radius 3 is 2.87 bits per heavy atom. The number of amides is 1. The second-order valence-corrected chi connectivity index (χ2v) is 7.62. The normalized spacial score (nSPS) is 16.3. The van der Waals surface area contributed by atoms with E-state index in [0.29, 0.717) is 31.1 Å². The number of hydrogen-bond acceptors (Lipinski definition) is 5. The lowest BCUT2D eigenvalue weighted by Gasteiger charge is -2.32. The molecule has 1 saturated heterocycles. The van der Waals surface area contributed by atoms with Crippen LogP contribution in [0.3, 0.4) is 0 Å². The number of pyridine rings is 2. The first-order valence-corrected chi connectivity index (χ1v) is 10.2. The molecule has 1 aliphatic rings. The molecule has 2 aromatic heterocycles. The molecule has 1 atom stereocenters. The van der Waals surface area contributed by atoms with E-state index in [4.69, 9.17) is 16.3 Å². The summed E-state index contributed by atoms with van der Waals surface area (Å²) < 4.78 is 5.90. The van der Waals surface area contributed by atoms with Gasteiger partial charge in [-0.15, -0.1) is 0 Å². The van der Waals surface area contributed by atoms with E-state index in [9.17, 15) is 4.79 Å². The lowest BCUT2D eigenvalue weighted by atomic mass is 10.1. The number of morpholine rings is 1. The molecular weight excluding hydrogens is 400 g/mol. The number of nitrogens with one attached hydrogen (secondary N) is 1. The van der Waals surface area contributed by atoms with Crippen molar-refractivity contribution in [3.05, 3.63) is 88.3 Å². The van der Waals surface area contributed by atoms with Gasteiger partial charge in [-0.1, -0.05) is 29.8 Å². The summed E-state index contributed by atoms with van der Waals surface area (Å²) in [5, 5.41) is 3.69. The van der Waals surface area contributed by atoms with Gasteiger partial charge in [-0.2, -0.15) is 0 Å². The van der Waals surface area contributed by atoms with E-state index in [1.807, 2.05) is 41.4 Å². The highest BCUT2D eigenvalue weighted by molar-refractivity contribution is 6.30.